The van der Waals surface area contributed by atoms with Gasteiger partial charge in [0.1, 0.15) is 0 Å². The molecule has 0 spiro atoms. The second-order valence-corrected chi connectivity index (χ2v) is 5.30. The van der Waals surface area contributed by atoms with Crippen molar-refractivity contribution in [2.45, 2.75) is 38.0 Å². The Hall–Kier alpha value is -1.35. The van der Waals surface area contributed by atoms with E-state index in [0.29, 0.717) is 32.0 Å². The van der Waals surface area contributed by atoms with Crippen LogP contribution < -0.4 is 5.73 Å². The van der Waals surface area contributed by atoms with E-state index in [9.17, 15) is 4.79 Å². The van der Waals surface area contributed by atoms with E-state index in [2.05, 4.69) is 19.9 Å². The summed E-state index contributed by atoms with van der Waals surface area (Å²) >= 11 is 0. The predicted octanol–water partition coefficient (Wildman–Crippen LogP) is 2.34. The van der Waals surface area contributed by atoms with Crippen molar-refractivity contribution in [3.05, 3.63) is 35.4 Å². The molecule has 0 unspecified atom stereocenters. The van der Waals surface area contributed by atoms with E-state index in [1.54, 1.807) is 0 Å². The smallest absolute Gasteiger partial charge is 0.228 e. The van der Waals surface area contributed by atoms with E-state index in [-0.39, 0.29) is 5.91 Å². The summed E-state index contributed by atoms with van der Waals surface area (Å²) < 4.78 is 5.39. The highest BCUT2D eigenvalue weighted by Gasteiger charge is 2.41. The van der Waals surface area contributed by atoms with Crippen molar-refractivity contribution >= 4 is 5.91 Å². The van der Waals surface area contributed by atoms with Gasteiger partial charge < -0.3 is 10.5 Å². The molecule has 0 bridgehead atoms. The highest BCUT2D eigenvalue weighted by Crippen LogP contribution is 2.38. The fourth-order valence-corrected chi connectivity index (χ4v) is 2.80. The first-order valence-corrected chi connectivity index (χ1v) is 6.55. The highest BCUT2D eigenvalue weighted by molar-refractivity contribution is 5.87. The summed E-state index contributed by atoms with van der Waals surface area (Å²) in [6, 6.07) is 8.15. The molecule has 1 aliphatic heterocycles. The Morgan fingerprint density at radius 2 is 1.89 bits per heavy atom. The maximum atomic E-state index is 12.0. The number of hydrogen-bond donors (Lipinski definition) is 1. The van der Waals surface area contributed by atoms with Gasteiger partial charge in [-0.25, -0.2) is 0 Å². The van der Waals surface area contributed by atoms with Crippen molar-refractivity contribution in [2.75, 3.05) is 13.2 Å². The van der Waals surface area contributed by atoms with Crippen molar-refractivity contribution < 1.29 is 9.53 Å². The van der Waals surface area contributed by atoms with Crippen molar-refractivity contribution in [2.24, 2.45) is 5.73 Å². The summed E-state index contributed by atoms with van der Waals surface area (Å²) in [5.74, 6) is 0.166. The van der Waals surface area contributed by atoms with E-state index in [1.807, 2.05) is 18.2 Å². The molecule has 2 rings (SSSR count). The van der Waals surface area contributed by atoms with Gasteiger partial charge in [0.2, 0.25) is 5.91 Å². The van der Waals surface area contributed by atoms with Crippen LogP contribution in [-0.4, -0.2) is 19.1 Å². The van der Waals surface area contributed by atoms with Gasteiger partial charge in [0.25, 0.3) is 0 Å². The molecule has 18 heavy (non-hydrogen) atoms. The summed E-state index contributed by atoms with van der Waals surface area (Å²) in [5.41, 5.74) is 7.48. The van der Waals surface area contributed by atoms with Crippen LogP contribution in [0, 0.1) is 0 Å². The Labute approximate surface area is 108 Å². The summed E-state index contributed by atoms with van der Waals surface area (Å²) in [6.07, 6.45) is 1.37. The minimum absolute atomic E-state index is 0.223. The van der Waals surface area contributed by atoms with E-state index < -0.39 is 5.41 Å². The summed E-state index contributed by atoms with van der Waals surface area (Å²) in [4.78, 5) is 12.0. The van der Waals surface area contributed by atoms with Crippen LogP contribution in [0.4, 0.5) is 0 Å². The molecule has 1 fully saturated rings. The predicted molar refractivity (Wildman–Crippen MR) is 71.5 cm³/mol. The maximum Gasteiger partial charge on any atom is 0.228 e. The minimum atomic E-state index is -0.543. The molecule has 1 saturated heterocycles. The normalized spacial score (nSPS) is 18.8. The van der Waals surface area contributed by atoms with Crippen molar-refractivity contribution in [3.63, 3.8) is 0 Å². The fourth-order valence-electron chi connectivity index (χ4n) is 2.80. The lowest BCUT2D eigenvalue weighted by molar-refractivity contribution is -0.127. The minimum Gasteiger partial charge on any atom is -0.381 e. The Kier molecular flexibility index (Phi) is 3.71. The lowest BCUT2D eigenvalue weighted by Gasteiger charge is -2.36. The third-order valence-electron chi connectivity index (χ3n) is 3.92. The lowest BCUT2D eigenvalue weighted by atomic mass is 9.70. The molecule has 0 saturated carbocycles. The van der Waals surface area contributed by atoms with Gasteiger partial charge >= 0.3 is 0 Å². The van der Waals surface area contributed by atoms with E-state index in [4.69, 9.17) is 10.5 Å². The van der Waals surface area contributed by atoms with Crippen LogP contribution in [0.1, 0.15) is 43.7 Å². The zero-order valence-electron chi connectivity index (χ0n) is 11.1. The molecule has 0 aromatic heterocycles. The van der Waals surface area contributed by atoms with Crippen molar-refractivity contribution in [1.82, 2.24) is 0 Å². The Morgan fingerprint density at radius 3 is 2.44 bits per heavy atom. The third kappa shape index (κ3) is 2.15. The molecule has 1 heterocycles. The zero-order valence-corrected chi connectivity index (χ0v) is 11.1. The van der Waals surface area contributed by atoms with E-state index in [0.717, 1.165) is 5.56 Å². The van der Waals surface area contributed by atoms with E-state index >= 15 is 0 Å². The second kappa shape index (κ2) is 5.11. The molecule has 98 valence electrons. The van der Waals surface area contributed by atoms with Gasteiger partial charge in [-0.3, -0.25) is 4.79 Å². The molecule has 3 heteroatoms. The Morgan fingerprint density at radius 1 is 1.28 bits per heavy atom. The van der Waals surface area contributed by atoms with Crippen LogP contribution in [0.25, 0.3) is 0 Å². The van der Waals surface area contributed by atoms with Gasteiger partial charge in [-0.05, 0) is 29.9 Å². The van der Waals surface area contributed by atoms with Crippen LogP contribution in [-0.2, 0) is 14.9 Å². The number of amides is 1. The lowest BCUT2D eigenvalue weighted by Crippen LogP contribution is -2.46. The van der Waals surface area contributed by atoms with Gasteiger partial charge in [-0.2, -0.15) is 0 Å². The van der Waals surface area contributed by atoms with Gasteiger partial charge in [0, 0.05) is 13.2 Å². The monoisotopic (exact) mass is 247 g/mol. The highest BCUT2D eigenvalue weighted by atomic mass is 16.5. The average Bonchev–Trinajstić information content (AvgIpc) is 2.39. The molecule has 0 aliphatic carbocycles. The second-order valence-electron chi connectivity index (χ2n) is 5.30. The summed E-state index contributed by atoms with van der Waals surface area (Å²) in [5, 5.41) is 0. The van der Waals surface area contributed by atoms with Crippen LogP contribution in [0.2, 0.25) is 0 Å². The van der Waals surface area contributed by atoms with E-state index in [1.165, 1.54) is 5.56 Å². The first-order chi connectivity index (χ1) is 8.58. The number of benzene rings is 1. The third-order valence-corrected chi connectivity index (χ3v) is 3.92. The first-order valence-electron chi connectivity index (χ1n) is 6.55. The van der Waals surface area contributed by atoms with Crippen LogP contribution in [0.3, 0.4) is 0 Å². The van der Waals surface area contributed by atoms with Crippen LogP contribution >= 0.6 is 0 Å². The van der Waals surface area contributed by atoms with Crippen molar-refractivity contribution in [3.8, 4) is 0 Å². The SMILES string of the molecule is CC(C)c1ccccc1C1(C(N)=O)CCOCC1. The number of rotatable bonds is 3. The zero-order chi connectivity index (χ0) is 13.2. The standard InChI is InChI=1S/C15H21NO2/c1-11(2)12-5-3-4-6-13(12)15(14(16)17)7-9-18-10-8-15/h3-6,11H,7-10H2,1-2H3,(H2,16,17). The van der Waals surface area contributed by atoms with Gasteiger partial charge in [0.15, 0.2) is 0 Å². The fraction of sp³-hybridized carbons (Fsp3) is 0.533. The van der Waals surface area contributed by atoms with Gasteiger partial charge in [-0.1, -0.05) is 38.1 Å². The average molecular weight is 247 g/mol. The number of ether oxygens (including phenoxy) is 1. The number of nitrogens with two attached hydrogens (primary N) is 1. The van der Waals surface area contributed by atoms with Crippen LogP contribution in [0.5, 0.6) is 0 Å². The molecular formula is C15H21NO2. The van der Waals surface area contributed by atoms with Crippen molar-refractivity contribution in [1.29, 1.82) is 0 Å². The molecule has 1 aromatic carbocycles. The summed E-state index contributed by atoms with van der Waals surface area (Å²) in [7, 11) is 0. The quantitative estimate of drug-likeness (QED) is 0.891. The number of carbonyl (C=O) groups is 1. The molecule has 2 N–H and O–H groups in total. The molecule has 1 aliphatic rings. The molecule has 1 aromatic rings. The van der Waals surface area contributed by atoms with Crippen LogP contribution in [0.15, 0.2) is 24.3 Å². The molecule has 0 radical (unpaired) electrons. The van der Waals surface area contributed by atoms with Gasteiger partial charge in [0.05, 0.1) is 5.41 Å². The molecule has 0 atom stereocenters. The molecule has 1 amide bonds. The molecular weight excluding hydrogens is 226 g/mol. The maximum absolute atomic E-state index is 12.0. The largest absolute Gasteiger partial charge is 0.381 e. The number of primary amides is 1. The Bertz CT molecular complexity index is 434. The summed E-state index contributed by atoms with van der Waals surface area (Å²) in [6.45, 7) is 5.50. The number of carbonyl (C=O) groups excluding carboxylic acids is 1. The number of hydrogen-bond acceptors (Lipinski definition) is 2. The van der Waals surface area contributed by atoms with Gasteiger partial charge in [-0.15, -0.1) is 0 Å². The first kappa shape index (κ1) is 13.1. The molecule has 3 nitrogen and oxygen atoms in total. The topological polar surface area (TPSA) is 52.3 Å². The Balaban J connectivity index is 2.52.